The molecule has 0 fully saturated rings. The number of hydrogen-bond donors (Lipinski definition) is 2. The molecule has 0 spiro atoms. The Morgan fingerprint density at radius 1 is 1.19 bits per heavy atom. The van der Waals surface area contributed by atoms with Crippen molar-refractivity contribution >= 4 is 22.5 Å². The number of amides is 1. The van der Waals surface area contributed by atoms with Crippen LogP contribution in [0.2, 0.25) is 0 Å². The standard InChI is InChI=1S/C17H16N2O2/c1-21-14-7-8-16-15(10-14)12(11-18-16)9-17(20)19-13-5-3-2-4-6-13/h2-8,10-11,18H,9H2,1H3,(H,19,20). The van der Waals surface area contributed by atoms with E-state index < -0.39 is 0 Å². The molecule has 21 heavy (non-hydrogen) atoms. The summed E-state index contributed by atoms with van der Waals surface area (Å²) in [5, 5.41) is 3.90. The number of anilines is 1. The van der Waals surface area contributed by atoms with Crippen LogP contribution in [0.25, 0.3) is 10.9 Å². The molecule has 0 bridgehead atoms. The van der Waals surface area contributed by atoms with Crippen LogP contribution < -0.4 is 10.1 Å². The zero-order valence-electron chi connectivity index (χ0n) is 11.7. The normalized spacial score (nSPS) is 10.5. The SMILES string of the molecule is COc1ccc2[nH]cc(CC(=O)Nc3ccccc3)c2c1. The number of nitrogens with one attached hydrogen (secondary N) is 2. The summed E-state index contributed by atoms with van der Waals surface area (Å²) in [5.74, 6) is 0.747. The fourth-order valence-electron chi connectivity index (χ4n) is 2.33. The molecule has 2 aromatic carbocycles. The Bertz CT molecular complexity index is 763. The van der Waals surface area contributed by atoms with Crippen molar-refractivity contribution in [1.29, 1.82) is 0 Å². The van der Waals surface area contributed by atoms with Gasteiger partial charge in [-0.1, -0.05) is 18.2 Å². The molecule has 0 saturated heterocycles. The third-order valence-corrected chi connectivity index (χ3v) is 3.38. The maximum Gasteiger partial charge on any atom is 0.228 e. The molecule has 3 aromatic rings. The smallest absolute Gasteiger partial charge is 0.228 e. The highest BCUT2D eigenvalue weighted by Crippen LogP contribution is 2.24. The molecule has 0 radical (unpaired) electrons. The van der Waals surface area contributed by atoms with Crippen LogP contribution in [0, 0.1) is 0 Å². The Balaban J connectivity index is 1.79. The second-order valence-electron chi connectivity index (χ2n) is 4.82. The maximum absolute atomic E-state index is 12.1. The first kappa shape index (κ1) is 13.2. The minimum Gasteiger partial charge on any atom is -0.497 e. The highest BCUT2D eigenvalue weighted by Gasteiger charge is 2.10. The molecule has 3 rings (SSSR count). The van der Waals surface area contributed by atoms with Gasteiger partial charge >= 0.3 is 0 Å². The number of H-pyrrole nitrogens is 1. The van der Waals surface area contributed by atoms with Crippen molar-refractivity contribution in [3.63, 3.8) is 0 Å². The van der Waals surface area contributed by atoms with Crippen LogP contribution in [0.4, 0.5) is 5.69 Å². The van der Waals surface area contributed by atoms with E-state index in [9.17, 15) is 4.79 Å². The number of benzene rings is 2. The number of ether oxygens (including phenoxy) is 1. The predicted octanol–water partition coefficient (Wildman–Crippen LogP) is 3.36. The third-order valence-electron chi connectivity index (χ3n) is 3.38. The molecule has 2 N–H and O–H groups in total. The molecule has 0 aliphatic carbocycles. The highest BCUT2D eigenvalue weighted by atomic mass is 16.5. The van der Waals surface area contributed by atoms with Crippen LogP contribution in [-0.2, 0) is 11.2 Å². The highest BCUT2D eigenvalue weighted by molar-refractivity contribution is 5.96. The fraction of sp³-hybridized carbons (Fsp3) is 0.118. The second-order valence-corrected chi connectivity index (χ2v) is 4.82. The Morgan fingerprint density at radius 3 is 2.76 bits per heavy atom. The van der Waals surface area contributed by atoms with E-state index in [4.69, 9.17) is 4.74 Å². The second kappa shape index (κ2) is 5.71. The van der Waals surface area contributed by atoms with Gasteiger partial charge in [-0.25, -0.2) is 0 Å². The molecular weight excluding hydrogens is 264 g/mol. The molecule has 1 amide bonds. The lowest BCUT2D eigenvalue weighted by Gasteiger charge is -2.05. The zero-order valence-corrected chi connectivity index (χ0v) is 11.7. The van der Waals surface area contributed by atoms with Gasteiger partial charge in [0.05, 0.1) is 13.5 Å². The van der Waals surface area contributed by atoms with Crippen LogP contribution in [0.3, 0.4) is 0 Å². The van der Waals surface area contributed by atoms with E-state index in [1.165, 1.54) is 0 Å². The summed E-state index contributed by atoms with van der Waals surface area (Å²) in [4.78, 5) is 15.3. The number of fused-ring (bicyclic) bond motifs is 1. The number of hydrogen-bond acceptors (Lipinski definition) is 2. The number of methoxy groups -OCH3 is 1. The van der Waals surface area contributed by atoms with Crippen LogP contribution in [0.1, 0.15) is 5.56 Å². The van der Waals surface area contributed by atoms with Crippen molar-refractivity contribution < 1.29 is 9.53 Å². The Kier molecular flexibility index (Phi) is 3.60. The van der Waals surface area contributed by atoms with Crippen molar-refractivity contribution in [2.45, 2.75) is 6.42 Å². The van der Waals surface area contributed by atoms with E-state index in [0.29, 0.717) is 6.42 Å². The quantitative estimate of drug-likeness (QED) is 0.770. The van der Waals surface area contributed by atoms with Crippen LogP contribution >= 0.6 is 0 Å². The molecule has 1 aromatic heterocycles. The van der Waals surface area contributed by atoms with Gasteiger partial charge in [-0.15, -0.1) is 0 Å². The topological polar surface area (TPSA) is 54.1 Å². The maximum atomic E-state index is 12.1. The molecule has 0 saturated carbocycles. The van der Waals surface area contributed by atoms with Gasteiger partial charge in [0.15, 0.2) is 0 Å². The van der Waals surface area contributed by atoms with E-state index in [2.05, 4.69) is 10.3 Å². The van der Waals surface area contributed by atoms with Gasteiger partial charge in [0, 0.05) is 22.8 Å². The first-order valence-corrected chi connectivity index (χ1v) is 6.75. The molecule has 106 valence electrons. The summed E-state index contributed by atoms with van der Waals surface area (Å²) >= 11 is 0. The number of rotatable bonds is 4. The van der Waals surface area contributed by atoms with Crippen LogP contribution in [-0.4, -0.2) is 18.0 Å². The van der Waals surface area contributed by atoms with Crippen molar-refractivity contribution in [3.8, 4) is 5.75 Å². The third kappa shape index (κ3) is 2.89. The summed E-state index contributed by atoms with van der Waals surface area (Å²) in [5.41, 5.74) is 2.76. The van der Waals surface area contributed by atoms with Gasteiger partial charge in [-0.2, -0.15) is 0 Å². The van der Waals surface area contributed by atoms with Gasteiger partial charge in [-0.3, -0.25) is 4.79 Å². The lowest BCUT2D eigenvalue weighted by Crippen LogP contribution is -2.13. The minimum absolute atomic E-state index is 0.0371. The van der Waals surface area contributed by atoms with E-state index in [1.54, 1.807) is 7.11 Å². The van der Waals surface area contributed by atoms with Crippen molar-refractivity contribution in [3.05, 3.63) is 60.3 Å². The van der Waals surface area contributed by atoms with Gasteiger partial charge in [0.25, 0.3) is 0 Å². The molecule has 1 heterocycles. The number of aromatic nitrogens is 1. The largest absolute Gasteiger partial charge is 0.497 e. The summed E-state index contributed by atoms with van der Waals surface area (Å²) in [6.07, 6.45) is 2.19. The van der Waals surface area contributed by atoms with E-state index in [-0.39, 0.29) is 5.91 Å². The summed E-state index contributed by atoms with van der Waals surface area (Å²) in [6.45, 7) is 0. The molecule has 0 atom stereocenters. The first-order valence-electron chi connectivity index (χ1n) is 6.75. The lowest BCUT2D eigenvalue weighted by molar-refractivity contribution is -0.115. The van der Waals surface area contributed by atoms with Gasteiger partial charge in [0.2, 0.25) is 5.91 Å². The molecular formula is C17H16N2O2. The van der Waals surface area contributed by atoms with Gasteiger partial charge < -0.3 is 15.0 Å². The first-order chi connectivity index (χ1) is 10.3. The monoisotopic (exact) mass is 280 g/mol. The number of aromatic amines is 1. The lowest BCUT2D eigenvalue weighted by atomic mass is 10.1. The van der Waals surface area contributed by atoms with Gasteiger partial charge in [0.1, 0.15) is 5.75 Å². The summed E-state index contributed by atoms with van der Waals surface area (Å²) in [7, 11) is 1.63. The van der Waals surface area contributed by atoms with E-state index >= 15 is 0 Å². The van der Waals surface area contributed by atoms with Crippen molar-refractivity contribution in [2.24, 2.45) is 0 Å². The summed E-state index contributed by atoms with van der Waals surface area (Å²) in [6, 6.07) is 15.2. The van der Waals surface area contributed by atoms with Crippen molar-refractivity contribution in [2.75, 3.05) is 12.4 Å². The van der Waals surface area contributed by atoms with Crippen LogP contribution in [0.5, 0.6) is 5.75 Å². The van der Waals surface area contributed by atoms with Crippen LogP contribution in [0.15, 0.2) is 54.7 Å². The van der Waals surface area contributed by atoms with E-state index in [0.717, 1.165) is 27.9 Å². The summed E-state index contributed by atoms with van der Waals surface area (Å²) < 4.78 is 5.23. The molecule has 0 aliphatic rings. The Morgan fingerprint density at radius 2 is 2.00 bits per heavy atom. The van der Waals surface area contributed by atoms with Gasteiger partial charge in [-0.05, 0) is 35.9 Å². The average molecular weight is 280 g/mol. The predicted molar refractivity (Wildman–Crippen MR) is 83.6 cm³/mol. The van der Waals surface area contributed by atoms with E-state index in [1.807, 2.05) is 54.7 Å². The molecule has 0 aliphatic heterocycles. The van der Waals surface area contributed by atoms with Crippen molar-refractivity contribution in [1.82, 2.24) is 4.98 Å². The number of carbonyl (C=O) groups is 1. The molecule has 4 nitrogen and oxygen atoms in total. The number of para-hydroxylation sites is 1. The average Bonchev–Trinajstić information content (AvgIpc) is 2.90. The molecule has 4 heteroatoms. The Hall–Kier alpha value is -2.75. The minimum atomic E-state index is -0.0371. The zero-order chi connectivity index (χ0) is 14.7. The number of carbonyl (C=O) groups excluding carboxylic acids is 1. The Labute approximate surface area is 122 Å². The molecule has 0 unspecified atom stereocenters. The fourth-order valence-corrected chi connectivity index (χ4v) is 2.33.